The molecule has 0 aliphatic heterocycles. The van der Waals surface area contributed by atoms with Gasteiger partial charge in [0.1, 0.15) is 0 Å². The van der Waals surface area contributed by atoms with Crippen molar-refractivity contribution in [1.29, 1.82) is 0 Å². The molecule has 1 N–H and O–H groups in total. The monoisotopic (exact) mass is 254 g/mol. The average Bonchev–Trinajstić information content (AvgIpc) is 2.25. The van der Waals surface area contributed by atoms with Gasteiger partial charge in [0.05, 0.1) is 33.3 Å². The van der Waals surface area contributed by atoms with Crippen LogP contribution < -0.4 is 0 Å². The minimum Gasteiger partial charge on any atom is -0.327 e. The van der Waals surface area contributed by atoms with Crippen molar-refractivity contribution in [3.8, 4) is 0 Å². The van der Waals surface area contributed by atoms with Gasteiger partial charge in [-0.2, -0.15) is 8.42 Å². The second-order valence-corrected chi connectivity index (χ2v) is 4.66. The van der Waals surface area contributed by atoms with Gasteiger partial charge >= 0.3 is 10.4 Å². The summed E-state index contributed by atoms with van der Waals surface area (Å²) < 4.78 is 32.2. The van der Waals surface area contributed by atoms with Gasteiger partial charge in [-0.1, -0.05) is 6.08 Å². The highest BCUT2D eigenvalue weighted by Gasteiger charge is 2.10. The van der Waals surface area contributed by atoms with Crippen LogP contribution in [-0.4, -0.2) is 50.7 Å². The molecular formula is C10H24NO4S+. The zero-order valence-corrected chi connectivity index (χ0v) is 11.5. The van der Waals surface area contributed by atoms with Gasteiger partial charge < -0.3 is 4.48 Å². The first kappa shape index (κ1) is 17.9. The number of nitrogens with zero attached hydrogens (tertiary/aromatic N) is 1. The molecule has 98 valence electrons. The molecule has 0 spiro atoms. The van der Waals surface area contributed by atoms with E-state index in [1.807, 2.05) is 0 Å². The number of quaternary nitrogens is 1. The number of rotatable bonds is 6. The highest BCUT2D eigenvalue weighted by molar-refractivity contribution is 7.80. The quantitative estimate of drug-likeness (QED) is 0.443. The molecule has 0 aromatic carbocycles. The van der Waals surface area contributed by atoms with Crippen molar-refractivity contribution in [2.75, 3.05) is 33.3 Å². The summed E-state index contributed by atoms with van der Waals surface area (Å²) >= 11 is 0. The van der Waals surface area contributed by atoms with Crippen LogP contribution in [0.1, 0.15) is 20.8 Å². The predicted octanol–water partition coefficient (Wildman–Crippen LogP) is 1.48. The van der Waals surface area contributed by atoms with E-state index in [1.54, 1.807) is 0 Å². The summed E-state index contributed by atoms with van der Waals surface area (Å²) in [5.41, 5.74) is 0. The Morgan fingerprint density at radius 3 is 1.69 bits per heavy atom. The molecule has 0 atom stereocenters. The van der Waals surface area contributed by atoms with E-state index in [-0.39, 0.29) is 6.61 Å². The van der Waals surface area contributed by atoms with Crippen LogP contribution in [0.25, 0.3) is 0 Å². The largest absolute Gasteiger partial charge is 0.397 e. The third kappa shape index (κ3) is 11.6. The van der Waals surface area contributed by atoms with Gasteiger partial charge in [0, 0.05) is 0 Å². The van der Waals surface area contributed by atoms with Gasteiger partial charge in [0.15, 0.2) is 0 Å². The Bertz CT molecular complexity index is 262. The van der Waals surface area contributed by atoms with Crippen LogP contribution in [0, 0.1) is 0 Å². The van der Waals surface area contributed by atoms with Crippen LogP contribution in [-0.2, 0) is 14.6 Å². The highest BCUT2D eigenvalue weighted by Crippen LogP contribution is 1.97. The zero-order chi connectivity index (χ0) is 13.2. The Balaban J connectivity index is 0. The molecule has 0 aromatic rings. The predicted molar refractivity (Wildman–Crippen MR) is 65.5 cm³/mol. The van der Waals surface area contributed by atoms with Crippen molar-refractivity contribution in [2.45, 2.75) is 20.8 Å². The molecular weight excluding hydrogens is 230 g/mol. The Morgan fingerprint density at radius 1 is 1.25 bits per heavy atom. The Kier molecular flexibility index (Phi) is 9.75. The van der Waals surface area contributed by atoms with Crippen LogP contribution in [0.15, 0.2) is 12.7 Å². The molecule has 6 heteroatoms. The lowest BCUT2D eigenvalue weighted by molar-refractivity contribution is -0.904. The highest BCUT2D eigenvalue weighted by atomic mass is 32.3. The summed E-state index contributed by atoms with van der Waals surface area (Å²) in [4.78, 5) is 0. The smallest absolute Gasteiger partial charge is 0.327 e. The molecule has 0 bridgehead atoms. The van der Waals surface area contributed by atoms with Crippen LogP contribution in [0.2, 0.25) is 0 Å². The average molecular weight is 254 g/mol. The maximum absolute atomic E-state index is 9.68. The van der Waals surface area contributed by atoms with E-state index in [4.69, 9.17) is 4.55 Å². The summed E-state index contributed by atoms with van der Waals surface area (Å²) in [6, 6.07) is 0. The van der Waals surface area contributed by atoms with E-state index in [2.05, 4.69) is 38.6 Å². The fourth-order valence-electron chi connectivity index (χ4n) is 0.805. The lowest BCUT2D eigenvalue weighted by Crippen LogP contribution is -2.42. The van der Waals surface area contributed by atoms with E-state index in [1.165, 1.54) is 30.2 Å². The first-order valence-corrected chi connectivity index (χ1v) is 6.67. The summed E-state index contributed by atoms with van der Waals surface area (Å²) in [6.45, 7) is 13.5. The zero-order valence-electron chi connectivity index (χ0n) is 10.6. The number of hydrogen-bond acceptors (Lipinski definition) is 3. The third-order valence-electron chi connectivity index (χ3n) is 2.63. The molecule has 16 heavy (non-hydrogen) atoms. The van der Waals surface area contributed by atoms with E-state index >= 15 is 0 Å². The molecule has 0 rings (SSSR count). The van der Waals surface area contributed by atoms with Gasteiger partial charge in [0.2, 0.25) is 0 Å². The van der Waals surface area contributed by atoms with Crippen molar-refractivity contribution in [2.24, 2.45) is 0 Å². The van der Waals surface area contributed by atoms with Gasteiger partial charge in [0.25, 0.3) is 0 Å². The molecule has 0 heterocycles. The van der Waals surface area contributed by atoms with E-state index in [9.17, 15) is 8.42 Å². The first-order valence-electron chi connectivity index (χ1n) is 5.30. The lowest BCUT2D eigenvalue weighted by Gasteiger charge is -2.30. The molecule has 0 aromatic heterocycles. The van der Waals surface area contributed by atoms with Crippen LogP contribution in [0.5, 0.6) is 0 Å². The summed E-state index contributed by atoms with van der Waals surface area (Å²) in [6.07, 6.45) is 1.22. The van der Waals surface area contributed by atoms with E-state index < -0.39 is 10.4 Å². The summed E-state index contributed by atoms with van der Waals surface area (Å²) in [5.74, 6) is 0. The van der Waals surface area contributed by atoms with Crippen molar-refractivity contribution in [3.63, 3.8) is 0 Å². The molecule has 0 unspecified atom stereocenters. The standard InChI is InChI=1S/C7H18N.C3H6O4S/c1-5-8(4,6-2)7-3;1-2-3-7-8(4,5)6/h5-7H2,1-4H3;2H,1,3H2,(H,4,5,6)/q+1;. The summed E-state index contributed by atoms with van der Waals surface area (Å²) in [7, 11) is -1.97. The van der Waals surface area contributed by atoms with Gasteiger partial charge in [-0.05, 0) is 20.8 Å². The molecule has 0 amide bonds. The topological polar surface area (TPSA) is 63.6 Å². The van der Waals surface area contributed by atoms with Crippen LogP contribution in [0.4, 0.5) is 0 Å². The van der Waals surface area contributed by atoms with Crippen molar-refractivity contribution < 1.29 is 21.6 Å². The fraction of sp³-hybridized carbons (Fsp3) is 0.800. The molecule has 0 radical (unpaired) electrons. The Morgan fingerprint density at radius 2 is 1.62 bits per heavy atom. The second-order valence-electron chi connectivity index (χ2n) is 3.57. The van der Waals surface area contributed by atoms with Crippen LogP contribution >= 0.6 is 0 Å². The van der Waals surface area contributed by atoms with Gasteiger partial charge in [-0.15, -0.1) is 6.58 Å². The number of hydrogen-bond donors (Lipinski definition) is 1. The Hall–Kier alpha value is -0.430. The van der Waals surface area contributed by atoms with Crippen molar-refractivity contribution >= 4 is 10.4 Å². The third-order valence-corrected chi connectivity index (χ3v) is 3.06. The van der Waals surface area contributed by atoms with Crippen LogP contribution in [0.3, 0.4) is 0 Å². The molecule has 0 fully saturated rings. The molecule has 5 nitrogen and oxygen atoms in total. The van der Waals surface area contributed by atoms with Crippen molar-refractivity contribution in [3.05, 3.63) is 12.7 Å². The first-order chi connectivity index (χ1) is 7.24. The maximum Gasteiger partial charge on any atom is 0.397 e. The second kappa shape index (κ2) is 8.69. The molecule has 0 aliphatic rings. The SMILES string of the molecule is C=CCOS(=O)(=O)O.CC[N+](C)(CC)CC. The minimum atomic E-state index is -4.26. The lowest BCUT2D eigenvalue weighted by atomic mass is 10.4. The normalized spacial score (nSPS) is 11.6. The maximum atomic E-state index is 9.68. The van der Waals surface area contributed by atoms with E-state index in [0.29, 0.717) is 0 Å². The minimum absolute atomic E-state index is 0.196. The molecule has 0 saturated heterocycles. The van der Waals surface area contributed by atoms with Gasteiger partial charge in [-0.25, -0.2) is 4.18 Å². The fourth-order valence-corrected chi connectivity index (χ4v) is 1.07. The van der Waals surface area contributed by atoms with E-state index in [0.717, 1.165) is 0 Å². The Labute approximate surface area is 99.3 Å². The summed E-state index contributed by atoms with van der Waals surface area (Å²) in [5, 5.41) is 0. The molecule has 0 aliphatic carbocycles. The van der Waals surface area contributed by atoms with Gasteiger partial charge in [-0.3, -0.25) is 4.55 Å². The molecule has 0 saturated carbocycles. The van der Waals surface area contributed by atoms with Crippen molar-refractivity contribution in [1.82, 2.24) is 0 Å².